The van der Waals surface area contributed by atoms with Crippen LogP contribution in [0.3, 0.4) is 0 Å². The standard InChI is InChI=1S/C13H16BrN3OS/c1-8(2)17-13(18)12(14)11(5-16-17)15-4-10-7-19-6-9(10)3/h5-8,15H,4H2,1-3H3. The highest BCUT2D eigenvalue weighted by molar-refractivity contribution is 9.10. The molecule has 2 aromatic heterocycles. The molecular formula is C13H16BrN3OS. The summed E-state index contributed by atoms with van der Waals surface area (Å²) >= 11 is 5.03. The Morgan fingerprint density at radius 1 is 1.47 bits per heavy atom. The highest BCUT2D eigenvalue weighted by Gasteiger charge is 2.10. The van der Waals surface area contributed by atoms with Gasteiger partial charge in [0.2, 0.25) is 0 Å². The first kappa shape index (κ1) is 14.3. The summed E-state index contributed by atoms with van der Waals surface area (Å²) in [5.41, 5.74) is 3.12. The number of hydrogen-bond donors (Lipinski definition) is 1. The molecule has 2 rings (SSSR count). The normalized spacial score (nSPS) is 11.0. The SMILES string of the molecule is Cc1cscc1CNc1cnn(C(C)C)c(=O)c1Br. The molecule has 2 heterocycles. The van der Waals surface area contributed by atoms with Gasteiger partial charge in [-0.15, -0.1) is 0 Å². The number of rotatable bonds is 4. The van der Waals surface area contributed by atoms with E-state index in [4.69, 9.17) is 0 Å². The van der Waals surface area contributed by atoms with Crippen molar-refractivity contribution in [2.75, 3.05) is 5.32 Å². The second-order valence-corrected chi connectivity index (χ2v) is 6.19. The molecule has 2 aromatic rings. The Hall–Kier alpha value is -1.14. The average molecular weight is 342 g/mol. The third kappa shape index (κ3) is 3.06. The number of nitrogens with one attached hydrogen (secondary N) is 1. The molecule has 0 unspecified atom stereocenters. The largest absolute Gasteiger partial charge is 0.379 e. The van der Waals surface area contributed by atoms with Crippen molar-refractivity contribution in [1.29, 1.82) is 0 Å². The molecule has 0 fully saturated rings. The lowest BCUT2D eigenvalue weighted by Gasteiger charge is -2.12. The predicted molar refractivity (Wildman–Crippen MR) is 83.0 cm³/mol. The molecule has 0 radical (unpaired) electrons. The number of aromatic nitrogens is 2. The van der Waals surface area contributed by atoms with E-state index in [9.17, 15) is 4.79 Å². The lowest BCUT2D eigenvalue weighted by molar-refractivity contribution is 0.501. The molecule has 19 heavy (non-hydrogen) atoms. The molecule has 6 heteroatoms. The van der Waals surface area contributed by atoms with Gasteiger partial charge in [0.25, 0.3) is 5.56 Å². The number of aryl methyl sites for hydroxylation is 1. The molecule has 0 amide bonds. The van der Waals surface area contributed by atoms with Crippen molar-refractivity contribution in [1.82, 2.24) is 9.78 Å². The molecule has 102 valence electrons. The average Bonchev–Trinajstić information content (AvgIpc) is 2.76. The van der Waals surface area contributed by atoms with E-state index in [1.807, 2.05) is 13.8 Å². The second-order valence-electron chi connectivity index (χ2n) is 4.65. The van der Waals surface area contributed by atoms with E-state index in [0.717, 1.165) is 5.69 Å². The van der Waals surface area contributed by atoms with Crippen LogP contribution in [0.5, 0.6) is 0 Å². The molecule has 0 bridgehead atoms. The van der Waals surface area contributed by atoms with E-state index in [2.05, 4.69) is 44.0 Å². The van der Waals surface area contributed by atoms with Crippen molar-refractivity contribution >= 4 is 33.0 Å². The van der Waals surface area contributed by atoms with Crippen LogP contribution in [0.15, 0.2) is 26.2 Å². The minimum absolute atomic E-state index is 0.0527. The zero-order valence-electron chi connectivity index (χ0n) is 11.1. The van der Waals surface area contributed by atoms with Crippen molar-refractivity contribution in [2.45, 2.75) is 33.4 Å². The Bertz CT molecular complexity index is 633. The zero-order valence-corrected chi connectivity index (χ0v) is 13.5. The summed E-state index contributed by atoms with van der Waals surface area (Å²) in [7, 11) is 0. The number of halogens is 1. The number of hydrogen-bond acceptors (Lipinski definition) is 4. The third-order valence-electron chi connectivity index (χ3n) is 2.86. The van der Waals surface area contributed by atoms with Crippen LogP contribution in [0.2, 0.25) is 0 Å². The van der Waals surface area contributed by atoms with Gasteiger partial charge in [0.15, 0.2) is 0 Å². The van der Waals surface area contributed by atoms with Gasteiger partial charge in [-0.25, -0.2) is 4.68 Å². The topological polar surface area (TPSA) is 46.9 Å². The van der Waals surface area contributed by atoms with Gasteiger partial charge in [0.05, 0.1) is 17.9 Å². The van der Waals surface area contributed by atoms with Gasteiger partial charge in [0.1, 0.15) is 4.47 Å². The summed E-state index contributed by atoms with van der Waals surface area (Å²) in [6, 6.07) is 0.0527. The Morgan fingerprint density at radius 2 is 2.21 bits per heavy atom. The lowest BCUT2D eigenvalue weighted by atomic mass is 10.2. The number of anilines is 1. The summed E-state index contributed by atoms with van der Waals surface area (Å²) in [5.74, 6) is 0. The second kappa shape index (κ2) is 5.88. The summed E-state index contributed by atoms with van der Waals surface area (Å²) < 4.78 is 1.99. The van der Waals surface area contributed by atoms with Crippen molar-refractivity contribution in [3.8, 4) is 0 Å². The molecule has 0 aliphatic rings. The zero-order chi connectivity index (χ0) is 14.0. The summed E-state index contributed by atoms with van der Waals surface area (Å²) in [6.45, 7) is 6.64. The van der Waals surface area contributed by atoms with Gasteiger partial charge in [-0.1, -0.05) is 0 Å². The summed E-state index contributed by atoms with van der Waals surface area (Å²) in [6.07, 6.45) is 1.69. The van der Waals surface area contributed by atoms with E-state index in [-0.39, 0.29) is 11.6 Å². The van der Waals surface area contributed by atoms with Crippen LogP contribution >= 0.6 is 27.3 Å². The minimum Gasteiger partial charge on any atom is -0.379 e. The molecule has 0 aromatic carbocycles. The first-order chi connectivity index (χ1) is 9.00. The maximum atomic E-state index is 12.1. The van der Waals surface area contributed by atoms with Crippen molar-refractivity contribution in [2.24, 2.45) is 0 Å². The highest BCUT2D eigenvalue weighted by atomic mass is 79.9. The van der Waals surface area contributed by atoms with E-state index < -0.39 is 0 Å². The monoisotopic (exact) mass is 341 g/mol. The molecule has 0 spiro atoms. The fourth-order valence-electron chi connectivity index (χ4n) is 1.69. The Morgan fingerprint density at radius 3 is 2.79 bits per heavy atom. The maximum Gasteiger partial charge on any atom is 0.283 e. The first-order valence-corrected chi connectivity index (χ1v) is 7.77. The van der Waals surface area contributed by atoms with Crippen LogP contribution in [-0.2, 0) is 6.54 Å². The third-order valence-corrected chi connectivity index (χ3v) is 4.54. The maximum absolute atomic E-state index is 12.1. The van der Waals surface area contributed by atoms with Crippen LogP contribution < -0.4 is 10.9 Å². The van der Waals surface area contributed by atoms with Crippen molar-refractivity contribution < 1.29 is 0 Å². The Labute approximate surface area is 124 Å². The van der Waals surface area contributed by atoms with Crippen LogP contribution in [0.1, 0.15) is 31.0 Å². The number of nitrogens with zero attached hydrogens (tertiary/aromatic N) is 2. The minimum atomic E-state index is -0.109. The van der Waals surface area contributed by atoms with Crippen molar-refractivity contribution in [3.63, 3.8) is 0 Å². The fourth-order valence-corrected chi connectivity index (χ4v) is 2.98. The lowest BCUT2D eigenvalue weighted by Crippen LogP contribution is -2.26. The van der Waals surface area contributed by atoms with Crippen LogP contribution in [0.4, 0.5) is 5.69 Å². The molecule has 1 N–H and O–H groups in total. The summed E-state index contributed by atoms with van der Waals surface area (Å²) in [5, 5.41) is 11.6. The molecule has 4 nitrogen and oxygen atoms in total. The summed E-state index contributed by atoms with van der Waals surface area (Å²) in [4.78, 5) is 12.1. The van der Waals surface area contributed by atoms with Gasteiger partial charge < -0.3 is 5.32 Å². The van der Waals surface area contributed by atoms with E-state index >= 15 is 0 Å². The van der Waals surface area contributed by atoms with Gasteiger partial charge in [0, 0.05) is 6.54 Å². The Kier molecular flexibility index (Phi) is 4.42. The van der Waals surface area contributed by atoms with E-state index in [1.54, 1.807) is 17.5 Å². The van der Waals surface area contributed by atoms with Crippen LogP contribution in [0, 0.1) is 6.92 Å². The molecule has 0 saturated carbocycles. The fraction of sp³-hybridized carbons (Fsp3) is 0.385. The smallest absolute Gasteiger partial charge is 0.283 e. The predicted octanol–water partition coefficient (Wildman–Crippen LogP) is 3.57. The van der Waals surface area contributed by atoms with Crippen molar-refractivity contribution in [3.05, 3.63) is 42.9 Å². The molecule has 0 aliphatic carbocycles. The molecular weight excluding hydrogens is 326 g/mol. The Balaban J connectivity index is 2.20. The molecule has 0 saturated heterocycles. The van der Waals surface area contributed by atoms with Crippen LogP contribution in [0.25, 0.3) is 0 Å². The van der Waals surface area contributed by atoms with Gasteiger partial charge in [-0.3, -0.25) is 4.79 Å². The first-order valence-electron chi connectivity index (χ1n) is 6.03. The van der Waals surface area contributed by atoms with Gasteiger partial charge in [-0.2, -0.15) is 16.4 Å². The van der Waals surface area contributed by atoms with E-state index in [1.165, 1.54) is 15.8 Å². The van der Waals surface area contributed by atoms with E-state index in [0.29, 0.717) is 11.0 Å². The molecule has 0 aliphatic heterocycles. The van der Waals surface area contributed by atoms with Gasteiger partial charge in [-0.05, 0) is 58.6 Å². The number of thiophene rings is 1. The van der Waals surface area contributed by atoms with Gasteiger partial charge >= 0.3 is 0 Å². The van der Waals surface area contributed by atoms with Crippen LogP contribution in [-0.4, -0.2) is 9.78 Å². The molecule has 0 atom stereocenters. The quantitative estimate of drug-likeness (QED) is 0.924. The highest BCUT2D eigenvalue weighted by Crippen LogP contribution is 2.20.